The summed E-state index contributed by atoms with van der Waals surface area (Å²) in [5, 5.41) is 0. The van der Waals surface area contributed by atoms with Crippen LogP contribution in [0, 0.1) is 13.8 Å². The van der Waals surface area contributed by atoms with Gasteiger partial charge in [-0.15, -0.1) is 0 Å². The number of benzene rings is 1. The molecular weight excluding hydrogens is 274 g/mol. The van der Waals surface area contributed by atoms with Crippen molar-refractivity contribution in [3.05, 3.63) is 71.7 Å². The molecule has 0 bridgehead atoms. The van der Waals surface area contributed by atoms with E-state index in [1.807, 2.05) is 25.1 Å². The van der Waals surface area contributed by atoms with Crippen molar-refractivity contribution in [2.24, 2.45) is 0 Å². The molecule has 0 saturated carbocycles. The first-order valence-electron chi connectivity index (χ1n) is 7.15. The number of aromatic nitrogens is 3. The first kappa shape index (κ1) is 14.2. The molecular formula is C18H17N3O. The normalized spacial score (nSPS) is 10.5. The SMILES string of the molecule is Cc1ccc(COc2cc(C)nc(-c3ccncc3)n2)cc1. The van der Waals surface area contributed by atoms with Crippen LogP contribution < -0.4 is 4.74 Å². The molecule has 3 rings (SSSR count). The predicted molar refractivity (Wildman–Crippen MR) is 85.5 cm³/mol. The minimum absolute atomic E-state index is 0.493. The van der Waals surface area contributed by atoms with E-state index in [0.717, 1.165) is 16.8 Å². The Morgan fingerprint density at radius 2 is 1.64 bits per heavy atom. The molecule has 0 spiro atoms. The summed E-state index contributed by atoms with van der Waals surface area (Å²) >= 11 is 0. The largest absolute Gasteiger partial charge is 0.473 e. The van der Waals surface area contributed by atoms with Crippen molar-refractivity contribution in [2.75, 3.05) is 0 Å². The fourth-order valence-corrected chi connectivity index (χ4v) is 2.09. The van der Waals surface area contributed by atoms with Gasteiger partial charge in [-0.05, 0) is 31.5 Å². The fourth-order valence-electron chi connectivity index (χ4n) is 2.09. The highest BCUT2D eigenvalue weighted by Crippen LogP contribution is 2.19. The highest BCUT2D eigenvalue weighted by Gasteiger charge is 2.06. The molecule has 0 aliphatic heterocycles. The highest BCUT2D eigenvalue weighted by molar-refractivity contribution is 5.54. The molecule has 22 heavy (non-hydrogen) atoms. The summed E-state index contributed by atoms with van der Waals surface area (Å²) in [6, 6.07) is 13.9. The summed E-state index contributed by atoms with van der Waals surface area (Å²) in [4.78, 5) is 12.9. The van der Waals surface area contributed by atoms with Gasteiger partial charge in [0.15, 0.2) is 5.82 Å². The summed E-state index contributed by atoms with van der Waals surface area (Å²) in [6.45, 7) is 4.50. The molecule has 3 aromatic rings. The second kappa shape index (κ2) is 6.35. The molecule has 0 unspecified atom stereocenters. The van der Waals surface area contributed by atoms with E-state index in [1.54, 1.807) is 12.4 Å². The minimum Gasteiger partial charge on any atom is -0.473 e. The maximum absolute atomic E-state index is 5.81. The molecule has 0 aliphatic carbocycles. The van der Waals surface area contributed by atoms with Gasteiger partial charge in [-0.2, -0.15) is 4.98 Å². The zero-order valence-electron chi connectivity index (χ0n) is 12.7. The average Bonchev–Trinajstić information content (AvgIpc) is 2.55. The second-order valence-corrected chi connectivity index (χ2v) is 5.18. The van der Waals surface area contributed by atoms with E-state index in [2.05, 4.69) is 46.1 Å². The van der Waals surface area contributed by atoms with Gasteiger partial charge in [-0.3, -0.25) is 4.98 Å². The maximum Gasteiger partial charge on any atom is 0.217 e. The number of hydrogen-bond donors (Lipinski definition) is 0. The lowest BCUT2D eigenvalue weighted by Gasteiger charge is -2.08. The van der Waals surface area contributed by atoms with Crippen molar-refractivity contribution >= 4 is 0 Å². The molecule has 2 aromatic heterocycles. The lowest BCUT2D eigenvalue weighted by atomic mass is 10.2. The number of rotatable bonds is 4. The topological polar surface area (TPSA) is 47.9 Å². The first-order valence-corrected chi connectivity index (χ1v) is 7.15. The molecule has 2 heterocycles. The summed E-state index contributed by atoms with van der Waals surface area (Å²) in [7, 11) is 0. The van der Waals surface area contributed by atoms with E-state index >= 15 is 0 Å². The van der Waals surface area contributed by atoms with Gasteiger partial charge in [0, 0.05) is 29.7 Å². The molecule has 0 saturated heterocycles. The molecule has 1 aromatic carbocycles. The van der Waals surface area contributed by atoms with E-state index in [1.165, 1.54) is 5.56 Å². The summed E-state index contributed by atoms with van der Waals surface area (Å²) in [5.74, 6) is 1.24. The molecule has 0 radical (unpaired) electrons. The van der Waals surface area contributed by atoms with Crippen LogP contribution in [0.3, 0.4) is 0 Å². The lowest BCUT2D eigenvalue weighted by molar-refractivity contribution is 0.293. The minimum atomic E-state index is 0.493. The zero-order chi connectivity index (χ0) is 15.4. The van der Waals surface area contributed by atoms with Crippen molar-refractivity contribution in [2.45, 2.75) is 20.5 Å². The quantitative estimate of drug-likeness (QED) is 0.734. The Kier molecular flexibility index (Phi) is 4.10. The Bertz CT molecular complexity index is 755. The van der Waals surface area contributed by atoms with E-state index in [0.29, 0.717) is 18.3 Å². The third-order valence-electron chi connectivity index (χ3n) is 3.28. The standard InChI is InChI=1S/C18H17N3O/c1-13-3-5-15(6-4-13)12-22-17-11-14(2)20-18(21-17)16-7-9-19-10-8-16/h3-11H,12H2,1-2H3. The average molecular weight is 291 g/mol. The fraction of sp³-hybridized carbons (Fsp3) is 0.167. The summed E-state index contributed by atoms with van der Waals surface area (Å²) in [6.07, 6.45) is 3.46. The smallest absolute Gasteiger partial charge is 0.217 e. The molecule has 0 atom stereocenters. The molecule has 110 valence electrons. The van der Waals surface area contributed by atoms with Gasteiger partial charge in [-0.1, -0.05) is 29.8 Å². The van der Waals surface area contributed by atoms with Gasteiger partial charge in [0.25, 0.3) is 0 Å². The Morgan fingerprint density at radius 3 is 2.36 bits per heavy atom. The monoisotopic (exact) mass is 291 g/mol. The van der Waals surface area contributed by atoms with E-state index < -0.39 is 0 Å². The van der Waals surface area contributed by atoms with Crippen LogP contribution in [-0.2, 0) is 6.61 Å². The van der Waals surface area contributed by atoms with Gasteiger partial charge in [0.2, 0.25) is 5.88 Å². The number of nitrogens with zero attached hydrogens (tertiary/aromatic N) is 3. The molecule has 0 fully saturated rings. The Hall–Kier alpha value is -2.75. The van der Waals surface area contributed by atoms with Gasteiger partial charge in [0.1, 0.15) is 6.61 Å². The Morgan fingerprint density at radius 1 is 0.909 bits per heavy atom. The van der Waals surface area contributed by atoms with Gasteiger partial charge in [0.05, 0.1) is 0 Å². The summed E-state index contributed by atoms with van der Waals surface area (Å²) in [5.41, 5.74) is 4.16. The number of pyridine rings is 1. The Balaban J connectivity index is 1.79. The highest BCUT2D eigenvalue weighted by atomic mass is 16.5. The zero-order valence-corrected chi connectivity index (χ0v) is 12.7. The van der Waals surface area contributed by atoms with Crippen LogP contribution >= 0.6 is 0 Å². The number of aryl methyl sites for hydroxylation is 2. The number of hydrogen-bond acceptors (Lipinski definition) is 4. The van der Waals surface area contributed by atoms with Crippen LogP contribution in [0.15, 0.2) is 54.9 Å². The Labute approximate surface area is 129 Å². The lowest BCUT2D eigenvalue weighted by Crippen LogP contribution is -2.00. The van der Waals surface area contributed by atoms with Crippen LogP contribution in [0.4, 0.5) is 0 Å². The van der Waals surface area contributed by atoms with Crippen molar-refractivity contribution < 1.29 is 4.74 Å². The van der Waals surface area contributed by atoms with E-state index in [4.69, 9.17) is 4.74 Å². The van der Waals surface area contributed by atoms with E-state index in [9.17, 15) is 0 Å². The first-order chi connectivity index (χ1) is 10.7. The van der Waals surface area contributed by atoms with Gasteiger partial charge < -0.3 is 4.74 Å². The molecule has 0 amide bonds. The van der Waals surface area contributed by atoms with Crippen LogP contribution in [0.1, 0.15) is 16.8 Å². The number of ether oxygens (including phenoxy) is 1. The molecule has 0 aliphatic rings. The molecule has 4 heteroatoms. The van der Waals surface area contributed by atoms with Crippen molar-refractivity contribution in [1.29, 1.82) is 0 Å². The third-order valence-corrected chi connectivity index (χ3v) is 3.28. The van der Waals surface area contributed by atoms with Gasteiger partial charge >= 0.3 is 0 Å². The van der Waals surface area contributed by atoms with Crippen molar-refractivity contribution in [3.63, 3.8) is 0 Å². The molecule has 0 N–H and O–H groups in total. The maximum atomic E-state index is 5.81. The van der Waals surface area contributed by atoms with Crippen LogP contribution in [0.2, 0.25) is 0 Å². The van der Waals surface area contributed by atoms with E-state index in [-0.39, 0.29) is 0 Å². The van der Waals surface area contributed by atoms with Crippen molar-refractivity contribution in [1.82, 2.24) is 15.0 Å². The predicted octanol–water partition coefficient (Wildman–Crippen LogP) is 3.73. The van der Waals surface area contributed by atoms with Crippen LogP contribution in [0.25, 0.3) is 11.4 Å². The van der Waals surface area contributed by atoms with Gasteiger partial charge in [-0.25, -0.2) is 4.98 Å². The summed E-state index contributed by atoms with van der Waals surface area (Å²) < 4.78 is 5.81. The molecule has 4 nitrogen and oxygen atoms in total. The second-order valence-electron chi connectivity index (χ2n) is 5.18. The van der Waals surface area contributed by atoms with Crippen LogP contribution in [-0.4, -0.2) is 15.0 Å². The van der Waals surface area contributed by atoms with Crippen LogP contribution in [0.5, 0.6) is 5.88 Å². The third kappa shape index (κ3) is 3.47. The van der Waals surface area contributed by atoms with Crippen molar-refractivity contribution in [3.8, 4) is 17.3 Å².